The van der Waals surface area contributed by atoms with Crippen molar-refractivity contribution in [2.75, 3.05) is 11.4 Å². The SMILES string of the molecule is CCCCCN(c1ccc(CN)c(C)n1)C(C)C. The zero-order valence-corrected chi connectivity index (χ0v) is 12.2. The number of hydrogen-bond donors (Lipinski definition) is 1. The number of anilines is 1. The van der Waals surface area contributed by atoms with Gasteiger partial charge in [-0.25, -0.2) is 4.98 Å². The number of aromatic nitrogens is 1. The van der Waals surface area contributed by atoms with Crippen molar-refractivity contribution in [3.8, 4) is 0 Å². The maximum atomic E-state index is 5.68. The van der Waals surface area contributed by atoms with Crippen LogP contribution in [0.4, 0.5) is 5.82 Å². The molecule has 0 aliphatic rings. The molecule has 102 valence electrons. The summed E-state index contributed by atoms with van der Waals surface area (Å²) in [6, 6.07) is 4.69. The van der Waals surface area contributed by atoms with Gasteiger partial charge in [0.05, 0.1) is 0 Å². The van der Waals surface area contributed by atoms with Gasteiger partial charge in [-0.3, -0.25) is 0 Å². The Morgan fingerprint density at radius 1 is 1.28 bits per heavy atom. The smallest absolute Gasteiger partial charge is 0.129 e. The number of nitrogens with zero attached hydrogens (tertiary/aromatic N) is 2. The Balaban J connectivity index is 2.82. The van der Waals surface area contributed by atoms with Gasteiger partial charge >= 0.3 is 0 Å². The first-order valence-corrected chi connectivity index (χ1v) is 7.03. The normalized spacial score (nSPS) is 11.0. The summed E-state index contributed by atoms with van der Waals surface area (Å²) in [4.78, 5) is 7.07. The molecule has 0 fully saturated rings. The Hall–Kier alpha value is -1.09. The number of unbranched alkanes of at least 4 members (excludes halogenated alkanes) is 2. The number of rotatable bonds is 7. The van der Waals surface area contributed by atoms with E-state index >= 15 is 0 Å². The molecule has 0 bridgehead atoms. The summed E-state index contributed by atoms with van der Waals surface area (Å²) in [6.45, 7) is 10.4. The van der Waals surface area contributed by atoms with Crippen LogP contribution in [0.25, 0.3) is 0 Å². The Morgan fingerprint density at radius 3 is 2.50 bits per heavy atom. The molecule has 1 aromatic rings. The monoisotopic (exact) mass is 249 g/mol. The number of nitrogens with two attached hydrogens (primary N) is 1. The van der Waals surface area contributed by atoms with Crippen LogP contribution in [0.2, 0.25) is 0 Å². The third-order valence-corrected chi connectivity index (χ3v) is 3.32. The maximum Gasteiger partial charge on any atom is 0.129 e. The van der Waals surface area contributed by atoms with Crippen molar-refractivity contribution in [3.63, 3.8) is 0 Å². The van der Waals surface area contributed by atoms with E-state index in [1.165, 1.54) is 19.3 Å². The van der Waals surface area contributed by atoms with Crippen LogP contribution in [-0.4, -0.2) is 17.6 Å². The maximum absolute atomic E-state index is 5.68. The standard InChI is InChI=1S/C15H27N3/c1-5-6-7-10-18(12(2)3)15-9-8-14(11-16)13(4)17-15/h8-9,12H,5-7,10-11,16H2,1-4H3. The van der Waals surface area contributed by atoms with E-state index in [2.05, 4.69) is 37.8 Å². The Kier molecular flexibility index (Phi) is 6.13. The number of hydrogen-bond acceptors (Lipinski definition) is 3. The van der Waals surface area contributed by atoms with E-state index in [1.54, 1.807) is 0 Å². The van der Waals surface area contributed by atoms with Gasteiger partial charge in [-0.1, -0.05) is 25.8 Å². The van der Waals surface area contributed by atoms with Crippen molar-refractivity contribution in [2.24, 2.45) is 5.73 Å². The van der Waals surface area contributed by atoms with Crippen LogP contribution < -0.4 is 10.6 Å². The van der Waals surface area contributed by atoms with Crippen molar-refractivity contribution >= 4 is 5.82 Å². The van der Waals surface area contributed by atoms with E-state index in [9.17, 15) is 0 Å². The van der Waals surface area contributed by atoms with Crippen LogP contribution in [0.3, 0.4) is 0 Å². The first-order chi connectivity index (χ1) is 8.60. The van der Waals surface area contributed by atoms with Crippen LogP contribution in [0.5, 0.6) is 0 Å². The minimum Gasteiger partial charge on any atom is -0.354 e. The molecule has 0 atom stereocenters. The minimum absolute atomic E-state index is 0.484. The quantitative estimate of drug-likeness (QED) is 0.754. The lowest BCUT2D eigenvalue weighted by molar-refractivity contribution is 0.619. The van der Waals surface area contributed by atoms with Gasteiger partial charge in [-0.05, 0) is 38.8 Å². The summed E-state index contributed by atoms with van der Waals surface area (Å²) in [5.74, 6) is 1.08. The molecule has 2 N–H and O–H groups in total. The number of aryl methyl sites for hydroxylation is 1. The molecule has 0 spiro atoms. The highest BCUT2D eigenvalue weighted by Gasteiger charge is 2.12. The second-order valence-corrected chi connectivity index (χ2v) is 5.11. The highest BCUT2D eigenvalue weighted by atomic mass is 15.2. The molecule has 0 aromatic carbocycles. The van der Waals surface area contributed by atoms with Gasteiger partial charge in [-0.2, -0.15) is 0 Å². The molecular formula is C15H27N3. The summed E-state index contributed by atoms with van der Waals surface area (Å²) in [5, 5.41) is 0. The zero-order chi connectivity index (χ0) is 13.5. The molecule has 3 heteroatoms. The summed E-state index contributed by atoms with van der Waals surface area (Å²) < 4.78 is 0. The van der Waals surface area contributed by atoms with Gasteiger partial charge in [0.1, 0.15) is 5.82 Å². The van der Waals surface area contributed by atoms with Gasteiger partial charge in [0, 0.05) is 24.8 Å². The van der Waals surface area contributed by atoms with Crippen molar-refractivity contribution in [2.45, 2.75) is 59.5 Å². The van der Waals surface area contributed by atoms with Crippen LogP contribution in [0.1, 0.15) is 51.3 Å². The second kappa shape index (κ2) is 7.37. The van der Waals surface area contributed by atoms with Crippen molar-refractivity contribution in [1.82, 2.24) is 4.98 Å². The van der Waals surface area contributed by atoms with Crippen LogP contribution in [0.15, 0.2) is 12.1 Å². The van der Waals surface area contributed by atoms with Crippen LogP contribution in [-0.2, 0) is 6.54 Å². The molecule has 1 rings (SSSR count). The van der Waals surface area contributed by atoms with Gasteiger partial charge in [0.15, 0.2) is 0 Å². The molecule has 3 nitrogen and oxygen atoms in total. The van der Waals surface area contributed by atoms with Gasteiger partial charge in [-0.15, -0.1) is 0 Å². The average Bonchev–Trinajstić information content (AvgIpc) is 2.34. The molecule has 0 radical (unpaired) electrons. The van der Waals surface area contributed by atoms with Crippen LogP contribution >= 0.6 is 0 Å². The molecule has 0 amide bonds. The summed E-state index contributed by atoms with van der Waals surface area (Å²) in [5.41, 5.74) is 7.87. The molecular weight excluding hydrogens is 222 g/mol. The molecule has 1 aromatic heterocycles. The predicted octanol–water partition coefficient (Wildman–Crippen LogP) is 3.25. The lowest BCUT2D eigenvalue weighted by Gasteiger charge is -2.28. The van der Waals surface area contributed by atoms with E-state index < -0.39 is 0 Å². The molecule has 1 heterocycles. The predicted molar refractivity (Wildman–Crippen MR) is 78.9 cm³/mol. The highest BCUT2D eigenvalue weighted by molar-refractivity contribution is 5.42. The van der Waals surface area contributed by atoms with Crippen molar-refractivity contribution in [1.29, 1.82) is 0 Å². The third-order valence-electron chi connectivity index (χ3n) is 3.32. The largest absolute Gasteiger partial charge is 0.354 e. The highest BCUT2D eigenvalue weighted by Crippen LogP contribution is 2.18. The van der Waals surface area contributed by atoms with E-state index in [-0.39, 0.29) is 0 Å². The molecule has 0 aliphatic carbocycles. The fourth-order valence-electron chi connectivity index (χ4n) is 2.12. The fourth-order valence-corrected chi connectivity index (χ4v) is 2.12. The molecule has 0 aliphatic heterocycles. The Labute approximate surface area is 111 Å². The molecule has 0 saturated heterocycles. The van der Waals surface area contributed by atoms with Gasteiger partial charge in [0.2, 0.25) is 0 Å². The first kappa shape index (κ1) is 15.0. The summed E-state index contributed by atoms with van der Waals surface area (Å²) in [6.07, 6.45) is 3.77. The summed E-state index contributed by atoms with van der Waals surface area (Å²) in [7, 11) is 0. The summed E-state index contributed by atoms with van der Waals surface area (Å²) >= 11 is 0. The zero-order valence-electron chi connectivity index (χ0n) is 12.2. The lowest BCUT2D eigenvalue weighted by Crippen LogP contribution is -2.32. The van der Waals surface area contributed by atoms with Crippen molar-refractivity contribution < 1.29 is 0 Å². The lowest BCUT2D eigenvalue weighted by atomic mass is 10.2. The Morgan fingerprint density at radius 2 is 2.00 bits per heavy atom. The van der Waals surface area contributed by atoms with Crippen LogP contribution in [0, 0.1) is 6.92 Å². The number of pyridine rings is 1. The van der Waals surface area contributed by atoms with E-state index in [0.717, 1.165) is 23.6 Å². The average molecular weight is 249 g/mol. The van der Waals surface area contributed by atoms with Crippen molar-refractivity contribution in [3.05, 3.63) is 23.4 Å². The van der Waals surface area contributed by atoms with Gasteiger partial charge in [0.25, 0.3) is 0 Å². The minimum atomic E-state index is 0.484. The fraction of sp³-hybridized carbons (Fsp3) is 0.667. The third kappa shape index (κ3) is 3.98. The second-order valence-electron chi connectivity index (χ2n) is 5.11. The molecule has 18 heavy (non-hydrogen) atoms. The molecule has 0 unspecified atom stereocenters. The Bertz CT molecular complexity index is 361. The topological polar surface area (TPSA) is 42.1 Å². The van der Waals surface area contributed by atoms with E-state index in [0.29, 0.717) is 12.6 Å². The van der Waals surface area contributed by atoms with Gasteiger partial charge < -0.3 is 10.6 Å². The first-order valence-electron chi connectivity index (χ1n) is 7.03. The van der Waals surface area contributed by atoms with E-state index in [1.807, 2.05) is 6.92 Å². The van der Waals surface area contributed by atoms with E-state index in [4.69, 9.17) is 10.7 Å². The molecule has 0 saturated carbocycles.